The highest BCUT2D eigenvalue weighted by Gasteiger charge is 2.08. The summed E-state index contributed by atoms with van der Waals surface area (Å²) >= 11 is 6.04. The predicted octanol–water partition coefficient (Wildman–Crippen LogP) is 4.42. The van der Waals surface area contributed by atoms with Crippen LogP contribution in [-0.4, -0.2) is 12.1 Å². The summed E-state index contributed by atoms with van der Waals surface area (Å²) in [5.41, 5.74) is 4.44. The summed E-state index contributed by atoms with van der Waals surface area (Å²) < 4.78 is 5.31. The minimum atomic E-state index is -0.0945. The fourth-order valence-electron chi connectivity index (χ4n) is 2.87. The van der Waals surface area contributed by atoms with E-state index in [9.17, 15) is 4.79 Å². The van der Waals surface area contributed by atoms with Gasteiger partial charge in [-0.1, -0.05) is 23.2 Å². The second-order valence-electron chi connectivity index (χ2n) is 5.87. The molecule has 0 aliphatic carbocycles. The second-order valence-corrected chi connectivity index (χ2v) is 6.30. The van der Waals surface area contributed by atoms with E-state index in [1.165, 1.54) is 5.56 Å². The van der Waals surface area contributed by atoms with Gasteiger partial charge in [-0.2, -0.15) is 0 Å². The minimum Gasteiger partial charge on any atom is -0.495 e. The van der Waals surface area contributed by atoms with Crippen molar-refractivity contribution in [2.45, 2.75) is 20.4 Å². The van der Waals surface area contributed by atoms with Gasteiger partial charge in [0.2, 0.25) is 0 Å². The summed E-state index contributed by atoms with van der Waals surface area (Å²) in [6, 6.07) is 11.4. The van der Waals surface area contributed by atoms with Gasteiger partial charge in [0.25, 0.3) is 5.56 Å². The molecule has 0 amide bonds. The Labute approximate surface area is 145 Å². The fraction of sp³-hybridized carbons (Fsp3) is 0.211. The third-order valence-electron chi connectivity index (χ3n) is 4.00. The molecule has 0 unspecified atom stereocenters. The number of aryl methyl sites for hydroxylation is 2. The predicted molar refractivity (Wildman–Crippen MR) is 99.4 cm³/mol. The van der Waals surface area contributed by atoms with Gasteiger partial charge >= 0.3 is 0 Å². The lowest BCUT2D eigenvalue weighted by atomic mass is 10.1. The van der Waals surface area contributed by atoms with Gasteiger partial charge in [-0.3, -0.25) is 4.79 Å². The minimum absolute atomic E-state index is 0.0945. The maximum Gasteiger partial charge on any atom is 0.253 e. The van der Waals surface area contributed by atoms with Crippen LogP contribution in [0.1, 0.15) is 16.7 Å². The van der Waals surface area contributed by atoms with Gasteiger partial charge in [0.15, 0.2) is 0 Å². The summed E-state index contributed by atoms with van der Waals surface area (Å²) in [4.78, 5) is 15.3. The number of anilines is 1. The topological polar surface area (TPSA) is 54.1 Å². The SMILES string of the molecule is COc1ccc(Cl)cc1NCc1cc2cc(C)cc(C)c2[nH]c1=O. The van der Waals surface area contributed by atoms with Gasteiger partial charge in [0, 0.05) is 17.1 Å². The first kappa shape index (κ1) is 16.4. The number of halogens is 1. The highest BCUT2D eigenvalue weighted by atomic mass is 35.5. The number of ether oxygens (including phenoxy) is 1. The molecule has 0 radical (unpaired) electrons. The number of fused-ring (bicyclic) bond motifs is 1. The van der Waals surface area contributed by atoms with Crippen LogP contribution in [0.2, 0.25) is 5.02 Å². The first-order chi connectivity index (χ1) is 11.5. The maximum atomic E-state index is 12.4. The molecule has 1 heterocycles. The number of aromatic nitrogens is 1. The van der Waals surface area contributed by atoms with Crippen LogP contribution in [0.3, 0.4) is 0 Å². The van der Waals surface area contributed by atoms with Crippen LogP contribution in [0.25, 0.3) is 10.9 Å². The van der Waals surface area contributed by atoms with Crippen molar-refractivity contribution in [1.82, 2.24) is 4.98 Å². The van der Waals surface area contributed by atoms with Gasteiger partial charge in [-0.25, -0.2) is 0 Å². The molecule has 5 heteroatoms. The van der Waals surface area contributed by atoms with Crippen molar-refractivity contribution < 1.29 is 4.74 Å². The normalized spacial score (nSPS) is 10.8. The molecular formula is C19H19ClN2O2. The van der Waals surface area contributed by atoms with Crippen molar-refractivity contribution in [3.8, 4) is 5.75 Å². The van der Waals surface area contributed by atoms with Crippen molar-refractivity contribution in [3.63, 3.8) is 0 Å². The molecule has 4 nitrogen and oxygen atoms in total. The quantitative estimate of drug-likeness (QED) is 0.738. The Balaban J connectivity index is 1.95. The molecule has 1 aromatic heterocycles. The monoisotopic (exact) mass is 342 g/mol. The number of H-pyrrole nitrogens is 1. The first-order valence-electron chi connectivity index (χ1n) is 7.68. The molecule has 0 saturated heterocycles. The van der Waals surface area contributed by atoms with Gasteiger partial charge in [0.1, 0.15) is 5.75 Å². The van der Waals surface area contributed by atoms with E-state index >= 15 is 0 Å². The van der Waals surface area contributed by atoms with E-state index in [-0.39, 0.29) is 5.56 Å². The first-order valence-corrected chi connectivity index (χ1v) is 8.06. The van der Waals surface area contributed by atoms with Crippen LogP contribution < -0.4 is 15.6 Å². The number of pyridine rings is 1. The van der Waals surface area contributed by atoms with Gasteiger partial charge in [-0.05, 0) is 55.1 Å². The molecular weight excluding hydrogens is 324 g/mol. The smallest absolute Gasteiger partial charge is 0.253 e. The van der Waals surface area contributed by atoms with E-state index in [1.54, 1.807) is 25.3 Å². The van der Waals surface area contributed by atoms with Gasteiger partial charge in [-0.15, -0.1) is 0 Å². The summed E-state index contributed by atoms with van der Waals surface area (Å²) in [6.45, 7) is 4.43. The number of methoxy groups -OCH3 is 1. The molecule has 24 heavy (non-hydrogen) atoms. The number of hydrogen-bond acceptors (Lipinski definition) is 3. The van der Waals surface area contributed by atoms with Gasteiger partial charge < -0.3 is 15.0 Å². The van der Waals surface area contributed by atoms with Crippen LogP contribution >= 0.6 is 11.6 Å². The average molecular weight is 343 g/mol. The van der Waals surface area contributed by atoms with Crippen molar-refractivity contribution in [3.05, 3.63) is 68.5 Å². The lowest BCUT2D eigenvalue weighted by Crippen LogP contribution is -2.16. The van der Waals surface area contributed by atoms with Crippen molar-refractivity contribution >= 4 is 28.2 Å². The highest BCUT2D eigenvalue weighted by molar-refractivity contribution is 6.30. The molecule has 2 N–H and O–H groups in total. The van der Waals surface area contributed by atoms with Crippen molar-refractivity contribution in [1.29, 1.82) is 0 Å². The Hall–Kier alpha value is -2.46. The summed E-state index contributed by atoms with van der Waals surface area (Å²) in [5, 5.41) is 4.86. The zero-order valence-electron chi connectivity index (χ0n) is 13.9. The van der Waals surface area contributed by atoms with Crippen LogP contribution in [-0.2, 0) is 6.54 Å². The Morgan fingerprint density at radius 1 is 1.17 bits per heavy atom. The maximum absolute atomic E-state index is 12.4. The van der Waals surface area contributed by atoms with E-state index in [0.29, 0.717) is 22.9 Å². The molecule has 0 fully saturated rings. The number of hydrogen-bond donors (Lipinski definition) is 2. The van der Waals surface area contributed by atoms with Crippen molar-refractivity contribution in [2.75, 3.05) is 12.4 Å². The summed E-state index contributed by atoms with van der Waals surface area (Å²) in [7, 11) is 1.60. The molecule has 0 aliphatic rings. The van der Waals surface area contributed by atoms with Gasteiger partial charge in [0.05, 0.1) is 18.3 Å². The lowest BCUT2D eigenvalue weighted by Gasteiger charge is -2.12. The molecule has 3 rings (SSSR count). The molecule has 0 saturated carbocycles. The largest absolute Gasteiger partial charge is 0.495 e. The van der Waals surface area contributed by atoms with E-state index in [4.69, 9.17) is 16.3 Å². The number of benzene rings is 2. The zero-order valence-corrected chi connectivity index (χ0v) is 14.6. The zero-order chi connectivity index (χ0) is 17.3. The second kappa shape index (κ2) is 6.57. The van der Waals surface area contributed by atoms with E-state index in [0.717, 1.165) is 22.2 Å². The number of rotatable bonds is 4. The van der Waals surface area contributed by atoms with Crippen LogP contribution in [0, 0.1) is 13.8 Å². The molecule has 124 valence electrons. The lowest BCUT2D eigenvalue weighted by molar-refractivity contribution is 0.416. The van der Waals surface area contributed by atoms with Crippen LogP contribution in [0.15, 0.2) is 41.2 Å². The summed E-state index contributed by atoms with van der Waals surface area (Å²) in [5.74, 6) is 0.684. The average Bonchev–Trinajstić information content (AvgIpc) is 2.54. The number of aromatic amines is 1. The van der Waals surface area contributed by atoms with Crippen LogP contribution in [0.5, 0.6) is 5.75 Å². The number of nitrogens with one attached hydrogen (secondary N) is 2. The Bertz CT molecular complexity index is 963. The molecule has 0 aliphatic heterocycles. The molecule has 0 atom stereocenters. The third-order valence-corrected chi connectivity index (χ3v) is 4.24. The van der Waals surface area contributed by atoms with Crippen molar-refractivity contribution in [2.24, 2.45) is 0 Å². The van der Waals surface area contributed by atoms with E-state index < -0.39 is 0 Å². The van der Waals surface area contributed by atoms with Crippen LogP contribution in [0.4, 0.5) is 5.69 Å². The summed E-state index contributed by atoms with van der Waals surface area (Å²) in [6.07, 6.45) is 0. The fourth-order valence-corrected chi connectivity index (χ4v) is 3.04. The Morgan fingerprint density at radius 3 is 2.71 bits per heavy atom. The van der Waals surface area contributed by atoms with E-state index in [2.05, 4.69) is 22.4 Å². The molecule has 3 aromatic rings. The molecule has 0 bridgehead atoms. The third kappa shape index (κ3) is 3.24. The highest BCUT2D eigenvalue weighted by Crippen LogP contribution is 2.28. The Morgan fingerprint density at radius 2 is 1.96 bits per heavy atom. The molecule has 2 aromatic carbocycles. The van der Waals surface area contributed by atoms with E-state index in [1.807, 2.05) is 19.9 Å². The standard InChI is InChI=1S/C19H19ClN2O2/c1-11-6-12(2)18-13(7-11)8-14(19(23)22-18)10-21-16-9-15(20)4-5-17(16)24-3/h4-9,21H,10H2,1-3H3,(H,22,23). The Kier molecular flexibility index (Phi) is 4.49. The molecule has 0 spiro atoms.